The van der Waals surface area contributed by atoms with Crippen LogP contribution in [0.15, 0.2) is 29.2 Å². The summed E-state index contributed by atoms with van der Waals surface area (Å²) in [6.45, 7) is 8.79. The van der Waals surface area contributed by atoms with Gasteiger partial charge in [-0.25, -0.2) is 4.79 Å². The molecule has 0 saturated heterocycles. The first-order valence-electron chi connectivity index (χ1n) is 6.64. The van der Waals surface area contributed by atoms with Crippen molar-refractivity contribution in [3.63, 3.8) is 0 Å². The van der Waals surface area contributed by atoms with Crippen molar-refractivity contribution in [1.82, 2.24) is 10.6 Å². The summed E-state index contributed by atoms with van der Waals surface area (Å²) in [4.78, 5) is 23.7. The molecule has 2 N–H and O–H groups in total. The van der Waals surface area contributed by atoms with E-state index < -0.39 is 6.03 Å². The minimum Gasteiger partial charge on any atom is -0.338 e. The SMILES string of the molecule is CCNC(=O)NC(=O)CSc1ccc(C(C)(C)C)cc1. The molecule has 0 spiro atoms. The second-order valence-electron chi connectivity index (χ2n) is 5.47. The zero-order chi connectivity index (χ0) is 15.2. The van der Waals surface area contributed by atoms with Gasteiger partial charge >= 0.3 is 6.03 Å². The van der Waals surface area contributed by atoms with E-state index in [1.165, 1.54) is 17.3 Å². The van der Waals surface area contributed by atoms with E-state index in [9.17, 15) is 9.59 Å². The van der Waals surface area contributed by atoms with Crippen LogP contribution >= 0.6 is 11.8 Å². The minimum atomic E-state index is -0.443. The Labute approximate surface area is 124 Å². The number of amides is 3. The number of imide groups is 1. The molecule has 0 fully saturated rings. The number of nitrogens with one attached hydrogen (secondary N) is 2. The Morgan fingerprint density at radius 3 is 2.25 bits per heavy atom. The summed E-state index contributed by atoms with van der Waals surface area (Å²) in [6.07, 6.45) is 0. The molecule has 0 aliphatic rings. The van der Waals surface area contributed by atoms with Crippen LogP contribution in [-0.4, -0.2) is 24.2 Å². The fourth-order valence-corrected chi connectivity index (χ4v) is 2.27. The van der Waals surface area contributed by atoms with Crippen molar-refractivity contribution in [3.8, 4) is 0 Å². The van der Waals surface area contributed by atoms with Crippen LogP contribution in [0.3, 0.4) is 0 Å². The molecule has 0 aromatic heterocycles. The molecule has 1 aromatic rings. The lowest BCUT2D eigenvalue weighted by atomic mass is 9.87. The average Bonchev–Trinajstić information content (AvgIpc) is 2.36. The maximum Gasteiger partial charge on any atom is 0.321 e. The van der Waals surface area contributed by atoms with E-state index in [0.717, 1.165) is 4.90 Å². The first-order chi connectivity index (χ1) is 9.32. The third-order valence-corrected chi connectivity index (χ3v) is 3.69. The molecule has 0 unspecified atom stereocenters. The highest BCUT2D eigenvalue weighted by Crippen LogP contribution is 2.25. The summed E-state index contributed by atoms with van der Waals surface area (Å²) in [6, 6.07) is 7.71. The van der Waals surface area contributed by atoms with Crippen LogP contribution in [0.2, 0.25) is 0 Å². The molecule has 4 nitrogen and oxygen atoms in total. The van der Waals surface area contributed by atoms with E-state index in [1.54, 1.807) is 6.92 Å². The summed E-state index contributed by atoms with van der Waals surface area (Å²) >= 11 is 1.42. The van der Waals surface area contributed by atoms with Gasteiger partial charge in [0.05, 0.1) is 5.75 Å². The van der Waals surface area contributed by atoms with Crippen molar-refractivity contribution in [1.29, 1.82) is 0 Å². The summed E-state index contributed by atoms with van der Waals surface area (Å²) in [5, 5.41) is 4.80. The van der Waals surface area contributed by atoms with Crippen molar-refractivity contribution in [2.45, 2.75) is 38.0 Å². The Morgan fingerprint density at radius 2 is 1.75 bits per heavy atom. The molecule has 3 amide bonds. The number of hydrogen-bond donors (Lipinski definition) is 2. The van der Waals surface area contributed by atoms with Gasteiger partial charge in [-0.15, -0.1) is 11.8 Å². The van der Waals surface area contributed by atoms with Crippen LogP contribution in [0.25, 0.3) is 0 Å². The molecule has 20 heavy (non-hydrogen) atoms. The van der Waals surface area contributed by atoms with Gasteiger partial charge in [0.1, 0.15) is 0 Å². The third-order valence-electron chi connectivity index (χ3n) is 2.68. The van der Waals surface area contributed by atoms with Crippen LogP contribution in [-0.2, 0) is 10.2 Å². The van der Waals surface area contributed by atoms with Gasteiger partial charge in [0.15, 0.2) is 0 Å². The number of benzene rings is 1. The molecule has 5 heteroatoms. The Morgan fingerprint density at radius 1 is 1.15 bits per heavy atom. The fourth-order valence-electron chi connectivity index (χ4n) is 1.57. The molecule has 1 rings (SSSR count). The van der Waals surface area contributed by atoms with E-state index in [0.29, 0.717) is 6.54 Å². The maximum atomic E-state index is 11.5. The quantitative estimate of drug-likeness (QED) is 0.839. The van der Waals surface area contributed by atoms with Crippen LogP contribution in [0.1, 0.15) is 33.3 Å². The summed E-state index contributed by atoms with van der Waals surface area (Å²) in [7, 11) is 0. The van der Waals surface area contributed by atoms with Crippen molar-refractivity contribution >= 4 is 23.7 Å². The van der Waals surface area contributed by atoms with Crippen molar-refractivity contribution < 1.29 is 9.59 Å². The Kier molecular flexibility index (Phi) is 6.07. The van der Waals surface area contributed by atoms with Crippen LogP contribution in [0.4, 0.5) is 4.79 Å². The number of rotatable bonds is 4. The summed E-state index contributed by atoms with van der Waals surface area (Å²) in [5.41, 5.74) is 1.38. The Bertz CT molecular complexity index is 464. The highest BCUT2D eigenvalue weighted by atomic mass is 32.2. The van der Waals surface area contributed by atoms with Crippen LogP contribution < -0.4 is 10.6 Å². The third kappa shape index (κ3) is 5.65. The van der Waals surface area contributed by atoms with E-state index in [2.05, 4.69) is 43.5 Å². The fraction of sp³-hybridized carbons (Fsp3) is 0.467. The molecule has 0 atom stereocenters. The second-order valence-corrected chi connectivity index (χ2v) is 6.52. The zero-order valence-corrected chi connectivity index (χ0v) is 13.3. The van der Waals surface area contributed by atoms with Gasteiger partial charge in [-0.05, 0) is 30.0 Å². The molecule has 0 saturated carbocycles. The van der Waals surface area contributed by atoms with Crippen LogP contribution in [0, 0.1) is 0 Å². The minimum absolute atomic E-state index is 0.124. The van der Waals surface area contributed by atoms with E-state index in [4.69, 9.17) is 0 Å². The normalized spacial score (nSPS) is 11.0. The largest absolute Gasteiger partial charge is 0.338 e. The van der Waals surface area contributed by atoms with Gasteiger partial charge in [0.25, 0.3) is 0 Å². The molecule has 110 valence electrons. The highest BCUT2D eigenvalue weighted by molar-refractivity contribution is 8.00. The summed E-state index contributed by atoms with van der Waals surface area (Å²) < 4.78 is 0. The van der Waals surface area contributed by atoms with Gasteiger partial charge < -0.3 is 5.32 Å². The molecule has 0 aliphatic carbocycles. The molecular formula is C15H22N2O2S. The van der Waals surface area contributed by atoms with E-state index in [1.807, 2.05) is 12.1 Å². The molecule has 1 aromatic carbocycles. The lowest BCUT2D eigenvalue weighted by Gasteiger charge is -2.19. The van der Waals surface area contributed by atoms with Gasteiger partial charge in [0.2, 0.25) is 5.91 Å². The van der Waals surface area contributed by atoms with Crippen molar-refractivity contribution in [2.24, 2.45) is 0 Å². The molecule has 0 bridgehead atoms. The Balaban J connectivity index is 2.46. The average molecular weight is 294 g/mol. The zero-order valence-electron chi connectivity index (χ0n) is 12.4. The number of urea groups is 1. The van der Waals surface area contributed by atoms with Gasteiger partial charge in [0, 0.05) is 11.4 Å². The first-order valence-corrected chi connectivity index (χ1v) is 7.62. The first kappa shape index (κ1) is 16.6. The van der Waals surface area contributed by atoms with Crippen LogP contribution in [0.5, 0.6) is 0 Å². The molecule has 0 aliphatic heterocycles. The maximum absolute atomic E-state index is 11.5. The number of carbonyl (C=O) groups excluding carboxylic acids is 2. The summed E-state index contributed by atoms with van der Waals surface area (Å²) in [5.74, 6) is -0.0627. The van der Waals surface area contributed by atoms with E-state index in [-0.39, 0.29) is 17.1 Å². The number of thioether (sulfide) groups is 1. The van der Waals surface area contributed by atoms with Gasteiger partial charge in [-0.1, -0.05) is 32.9 Å². The number of hydrogen-bond acceptors (Lipinski definition) is 3. The van der Waals surface area contributed by atoms with Gasteiger partial charge in [-0.3, -0.25) is 10.1 Å². The smallest absolute Gasteiger partial charge is 0.321 e. The lowest BCUT2D eigenvalue weighted by molar-refractivity contribution is -0.117. The molecule has 0 radical (unpaired) electrons. The second kappa shape index (κ2) is 7.33. The van der Waals surface area contributed by atoms with Crippen molar-refractivity contribution in [2.75, 3.05) is 12.3 Å². The highest BCUT2D eigenvalue weighted by Gasteiger charge is 2.13. The Hall–Kier alpha value is -1.49. The monoisotopic (exact) mass is 294 g/mol. The molecular weight excluding hydrogens is 272 g/mol. The number of carbonyl (C=O) groups is 2. The predicted octanol–water partition coefficient (Wildman–Crippen LogP) is 2.92. The van der Waals surface area contributed by atoms with Gasteiger partial charge in [-0.2, -0.15) is 0 Å². The van der Waals surface area contributed by atoms with Crippen molar-refractivity contribution in [3.05, 3.63) is 29.8 Å². The lowest BCUT2D eigenvalue weighted by Crippen LogP contribution is -2.40. The van der Waals surface area contributed by atoms with E-state index >= 15 is 0 Å². The topological polar surface area (TPSA) is 58.2 Å². The molecule has 0 heterocycles. The predicted molar refractivity (Wildman–Crippen MR) is 83.1 cm³/mol. The standard InChI is InChI=1S/C15H22N2O2S/c1-5-16-14(19)17-13(18)10-20-12-8-6-11(7-9-12)15(2,3)4/h6-9H,5,10H2,1-4H3,(H2,16,17,18,19).